The molecule has 3 aromatic carbocycles. The van der Waals surface area contributed by atoms with Crippen LogP contribution in [0.2, 0.25) is 0 Å². The smallest absolute Gasteiger partial charge is 0.322 e. The number of urea groups is 1. The van der Waals surface area contributed by atoms with Gasteiger partial charge in [-0.1, -0.05) is 36.4 Å². The van der Waals surface area contributed by atoms with Crippen LogP contribution in [0.15, 0.2) is 102 Å². The summed E-state index contributed by atoms with van der Waals surface area (Å²) in [4.78, 5) is 17.1. The summed E-state index contributed by atoms with van der Waals surface area (Å²) in [5.74, 6) is 1.68. The number of para-hydroxylation sites is 1. The minimum Gasteiger partial charge on any atom is -0.497 e. The van der Waals surface area contributed by atoms with Crippen molar-refractivity contribution in [2.24, 2.45) is 0 Å². The second kappa shape index (κ2) is 10.4. The number of ether oxygens (including phenoxy) is 1. The number of hydrogen-bond donors (Lipinski definition) is 1. The summed E-state index contributed by atoms with van der Waals surface area (Å²) in [5, 5.41) is 8.08. The molecule has 6 rings (SSSR count). The van der Waals surface area contributed by atoms with Crippen molar-refractivity contribution in [3.05, 3.63) is 120 Å². The molecule has 0 aliphatic carbocycles. The zero-order chi connectivity index (χ0) is 26.9. The van der Waals surface area contributed by atoms with Crippen LogP contribution >= 0.6 is 11.8 Å². The average Bonchev–Trinajstić information content (AvgIpc) is 3.53. The van der Waals surface area contributed by atoms with Crippen molar-refractivity contribution in [2.45, 2.75) is 24.4 Å². The third-order valence-electron chi connectivity index (χ3n) is 7.08. The molecule has 1 N–H and O–H groups in total. The van der Waals surface area contributed by atoms with E-state index in [0.29, 0.717) is 6.54 Å². The molecule has 0 saturated heterocycles. The third-order valence-corrected chi connectivity index (χ3v) is 7.80. The monoisotopic (exact) mass is 535 g/mol. The molecule has 0 radical (unpaired) electrons. The minimum atomic E-state index is -0.366. The number of benzene rings is 3. The molecule has 5 aromatic rings. The lowest BCUT2D eigenvalue weighted by atomic mass is 10.0. The molecule has 0 spiro atoms. The standard InChI is InChI=1S/C31H29N5O2S/c1-21-27-20-35(31(37)32-23-11-8-15-26(19-23)39-3)29(22-10-7-14-25(18-22)38-2)28-16-9-17-34(28)30(27)36(33-21)24-12-5-4-6-13-24/h4-19,29H,20H2,1-3H3,(H,32,37)/t29-/m0/s1. The number of aryl methyl sites for hydroxylation is 1. The molecule has 3 heterocycles. The van der Waals surface area contributed by atoms with Gasteiger partial charge in [0.05, 0.1) is 36.8 Å². The number of carbonyl (C=O) groups is 1. The van der Waals surface area contributed by atoms with Gasteiger partial charge in [0.1, 0.15) is 11.6 Å². The zero-order valence-corrected chi connectivity index (χ0v) is 22.9. The summed E-state index contributed by atoms with van der Waals surface area (Å²) in [6, 6.07) is 29.5. The lowest BCUT2D eigenvalue weighted by Crippen LogP contribution is -2.38. The Balaban J connectivity index is 1.53. The van der Waals surface area contributed by atoms with Crippen molar-refractivity contribution in [3.8, 4) is 17.3 Å². The maximum Gasteiger partial charge on any atom is 0.322 e. The first-order chi connectivity index (χ1) is 19.1. The van der Waals surface area contributed by atoms with Crippen molar-refractivity contribution >= 4 is 23.5 Å². The molecule has 2 amide bonds. The SMILES string of the molecule is COc1cccc([C@H]2c3cccn3-c3c(c(C)nn3-c3ccccc3)CN2C(=O)Nc2cccc(SC)c2)c1. The van der Waals surface area contributed by atoms with Crippen LogP contribution in [0.25, 0.3) is 11.5 Å². The Labute approximate surface area is 232 Å². The van der Waals surface area contributed by atoms with Gasteiger partial charge in [-0.25, -0.2) is 9.48 Å². The van der Waals surface area contributed by atoms with Gasteiger partial charge in [0.25, 0.3) is 0 Å². The van der Waals surface area contributed by atoms with Crippen LogP contribution in [-0.2, 0) is 6.54 Å². The summed E-state index contributed by atoms with van der Waals surface area (Å²) in [7, 11) is 1.66. The highest BCUT2D eigenvalue weighted by Gasteiger charge is 2.36. The largest absolute Gasteiger partial charge is 0.497 e. The highest BCUT2D eigenvalue weighted by atomic mass is 32.2. The van der Waals surface area contributed by atoms with Gasteiger partial charge in [-0.15, -0.1) is 11.8 Å². The Bertz CT molecular complexity index is 1640. The number of carbonyl (C=O) groups excluding carboxylic acids is 1. The predicted octanol–water partition coefficient (Wildman–Crippen LogP) is 6.84. The summed E-state index contributed by atoms with van der Waals surface area (Å²) in [5.41, 5.74) is 5.52. The first-order valence-electron chi connectivity index (χ1n) is 12.7. The number of nitrogens with one attached hydrogen (secondary N) is 1. The Kier molecular flexibility index (Phi) is 6.62. The second-order valence-electron chi connectivity index (χ2n) is 9.41. The molecule has 39 heavy (non-hydrogen) atoms. The predicted molar refractivity (Wildman–Crippen MR) is 155 cm³/mol. The fourth-order valence-corrected chi connectivity index (χ4v) is 5.67. The van der Waals surface area contributed by atoms with E-state index in [2.05, 4.69) is 16.0 Å². The summed E-state index contributed by atoms with van der Waals surface area (Å²) in [6.07, 6.45) is 4.07. The number of hydrogen-bond acceptors (Lipinski definition) is 4. The van der Waals surface area contributed by atoms with E-state index in [0.717, 1.165) is 50.4 Å². The Morgan fingerprint density at radius 3 is 2.62 bits per heavy atom. The maximum absolute atomic E-state index is 14.1. The fraction of sp³-hybridized carbons (Fsp3) is 0.161. The highest BCUT2D eigenvalue weighted by Crippen LogP contribution is 2.39. The molecule has 0 bridgehead atoms. The first kappa shape index (κ1) is 24.9. The molecule has 2 aromatic heterocycles. The molecule has 196 valence electrons. The van der Waals surface area contributed by atoms with Gasteiger partial charge in [-0.3, -0.25) is 0 Å². The highest BCUT2D eigenvalue weighted by molar-refractivity contribution is 7.98. The normalized spacial score (nSPS) is 14.3. The van der Waals surface area contributed by atoms with E-state index in [4.69, 9.17) is 9.84 Å². The van der Waals surface area contributed by atoms with Crippen LogP contribution in [-0.4, -0.2) is 38.6 Å². The second-order valence-corrected chi connectivity index (χ2v) is 10.3. The van der Waals surface area contributed by atoms with Gasteiger partial charge in [-0.2, -0.15) is 5.10 Å². The number of aromatic nitrogens is 3. The molecular weight excluding hydrogens is 506 g/mol. The van der Waals surface area contributed by atoms with Crippen molar-refractivity contribution < 1.29 is 9.53 Å². The molecule has 1 aliphatic heterocycles. The fourth-order valence-electron chi connectivity index (χ4n) is 5.21. The van der Waals surface area contributed by atoms with Crippen LogP contribution in [0.5, 0.6) is 5.75 Å². The third kappa shape index (κ3) is 4.57. The van der Waals surface area contributed by atoms with Gasteiger partial charge >= 0.3 is 6.03 Å². The minimum absolute atomic E-state index is 0.187. The van der Waals surface area contributed by atoms with E-state index in [-0.39, 0.29) is 12.1 Å². The quantitative estimate of drug-likeness (QED) is 0.250. The van der Waals surface area contributed by atoms with Crippen LogP contribution in [0.4, 0.5) is 10.5 Å². The van der Waals surface area contributed by atoms with Crippen molar-refractivity contribution in [3.63, 3.8) is 0 Å². The number of anilines is 1. The summed E-state index contributed by atoms with van der Waals surface area (Å²) < 4.78 is 9.70. The molecule has 1 atom stereocenters. The van der Waals surface area contributed by atoms with E-state index < -0.39 is 0 Å². The lowest BCUT2D eigenvalue weighted by molar-refractivity contribution is 0.194. The molecule has 1 aliphatic rings. The number of rotatable bonds is 5. The Hall–Kier alpha value is -4.43. The van der Waals surface area contributed by atoms with Gasteiger partial charge in [0.15, 0.2) is 0 Å². The molecule has 0 saturated carbocycles. The van der Waals surface area contributed by atoms with Crippen LogP contribution < -0.4 is 10.1 Å². The van der Waals surface area contributed by atoms with Crippen molar-refractivity contribution in [2.75, 3.05) is 18.7 Å². The van der Waals surface area contributed by atoms with Gasteiger partial charge in [0, 0.05) is 22.3 Å². The van der Waals surface area contributed by atoms with E-state index in [1.807, 2.05) is 114 Å². The van der Waals surface area contributed by atoms with E-state index >= 15 is 0 Å². The Morgan fingerprint density at radius 2 is 1.82 bits per heavy atom. The van der Waals surface area contributed by atoms with Crippen LogP contribution in [0.1, 0.15) is 28.6 Å². The molecule has 0 fully saturated rings. The van der Waals surface area contributed by atoms with E-state index in [9.17, 15) is 4.79 Å². The van der Waals surface area contributed by atoms with Crippen molar-refractivity contribution in [1.82, 2.24) is 19.2 Å². The van der Waals surface area contributed by atoms with Gasteiger partial charge < -0.3 is 19.5 Å². The number of fused-ring (bicyclic) bond motifs is 3. The molecule has 7 nitrogen and oxygen atoms in total. The number of amides is 2. The van der Waals surface area contributed by atoms with E-state index in [1.54, 1.807) is 18.9 Å². The molecule has 8 heteroatoms. The molecule has 0 unspecified atom stereocenters. The number of thioether (sulfide) groups is 1. The van der Waals surface area contributed by atoms with Gasteiger partial charge in [0.2, 0.25) is 0 Å². The first-order valence-corrected chi connectivity index (χ1v) is 14.0. The van der Waals surface area contributed by atoms with Crippen LogP contribution in [0, 0.1) is 6.92 Å². The van der Waals surface area contributed by atoms with Gasteiger partial charge in [-0.05, 0) is 73.3 Å². The average molecular weight is 536 g/mol. The molecular formula is C31H29N5O2S. The lowest BCUT2D eigenvalue weighted by Gasteiger charge is -2.31. The summed E-state index contributed by atoms with van der Waals surface area (Å²) in [6.45, 7) is 2.39. The number of nitrogens with zero attached hydrogens (tertiary/aromatic N) is 4. The van der Waals surface area contributed by atoms with E-state index in [1.165, 1.54) is 0 Å². The van der Waals surface area contributed by atoms with Crippen molar-refractivity contribution in [1.29, 1.82) is 0 Å². The van der Waals surface area contributed by atoms with Crippen LogP contribution in [0.3, 0.4) is 0 Å². The summed E-state index contributed by atoms with van der Waals surface area (Å²) >= 11 is 1.64. The number of methoxy groups -OCH3 is 1. The maximum atomic E-state index is 14.1. The topological polar surface area (TPSA) is 64.3 Å². The zero-order valence-electron chi connectivity index (χ0n) is 22.0. The Morgan fingerprint density at radius 1 is 1.00 bits per heavy atom.